The predicted molar refractivity (Wildman–Crippen MR) is 112 cm³/mol. The van der Waals surface area contributed by atoms with Crippen LogP contribution in [0.2, 0.25) is 0 Å². The number of hydrogen-bond donors (Lipinski definition) is 1. The molecule has 29 heavy (non-hydrogen) atoms. The number of sulfonamides is 1. The number of carbonyl (C=O) groups is 1. The third-order valence-corrected chi connectivity index (χ3v) is 7.16. The molecule has 0 atom stereocenters. The number of hydrogen-bond acceptors (Lipinski definition) is 5. The number of anilines is 2. The molecule has 1 fully saturated rings. The number of amides is 1. The van der Waals surface area contributed by atoms with E-state index in [1.165, 1.54) is 15.9 Å². The highest BCUT2D eigenvalue weighted by Crippen LogP contribution is 2.26. The highest BCUT2D eigenvalue weighted by molar-refractivity contribution is 7.89. The van der Waals surface area contributed by atoms with Gasteiger partial charge in [0.25, 0.3) is 0 Å². The highest BCUT2D eigenvalue weighted by Gasteiger charge is 2.26. The third kappa shape index (κ3) is 4.44. The van der Waals surface area contributed by atoms with Gasteiger partial charge in [0.2, 0.25) is 15.9 Å². The van der Waals surface area contributed by atoms with Crippen LogP contribution in [0.3, 0.4) is 0 Å². The molecule has 0 unspecified atom stereocenters. The SMILES string of the molecule is O=C(CN1CCCc2ccccc21)Nc1cccc(S(=O)(=O)N2CCOCC2)c1. The topological polar surface area (TPSA) is 79.0 Å². The summed E-state index contributed by atoms with van der Waals surface area (Å²) in [7, 11) is -3.60. The Hall–Kier alpha value is -2.42. The number of morpholine rings is 1. The van der Waals surface area contributed by atoms with Crippen LogP contribution in [0, 0.1) is 0 Å². The van der Waals surface area contributed by atoms with Crippen LogP contribution >= 0.6 is 0 Å². The van der Waals surface area contributed by atoms with Crippen LogP contribution in [0.25, 0.3) is 0 Å². The van der Waals surface area contributed by atoms with Crippen LogP contribution in [0.5, 0.6) is 0 Å². The van der Waals surface area contributed by atoms with Gasteiger partial charge in [0, 0.05) is 31.0 Å². The van der Waals surface area contributed by atoms with Gasteiger partial charge in [0.15, 0.2) is 0 Å². The average Bonchev–Trinajstić information content (AvgIpc) is 2.75. The van der Waals surface area contributed by atoms with E-state index in [9.17, 15) is 13.2 Å². The van der Waals surface area contributed by atoms with Crippen LogP contribution in [-0.4, -0.2) is 58.0 Å². The van der Waals surface area contributed by atoms with E-state index in [1.807, 2.05) is 18.2 Å². The zero-order chi connectivity index (χ0) is 20.3. The van der Waals surface area contributed by atoms with Crippen LogP contribution in [-0.2, 0) is 26.0 Å². The Morgan fingerprint density at radius 2 is 1.83 bits per heavy atom. The molecule has 1 N–H and O–H groups in total. The number of para-hydroxylation sites is 1. The normalized spacial score (nSPS) is 17.6. The molecule has 2 heterocycles. The number of ether oxygens (including phenoxy) is 1. The summed E-state index contributed by atoms with van der Waals surface area (Å²) >= 11 is 0. The molecule has 2 aliphatic rings. The van der Waals surface area contributed by atoms with Gasteiger partial charge in [0.1, 0.15) is 0 Å². The smallest absolute Gasteiger partial charge is 0.243 e. The second-order valence-electron chi connectivity index (χ2n) is 7.25. The number of nitrogens with zero attached hydrogens (tertiary/aromatic N) is 2. The second-order valence-corrected chi connectivity index (χ2v) is 9.18. The van der Waals surface area contributed by atoms with Gasteiger partial charge >= 0.3 is 0 Å². The summed E-state index contributed by atoms with van der Waals surface area (Å²) in [6.07, 6.45) is 2.04. The number of fused-ring (bicyclic) bond motifs is 1. The lowest BCUT2D eigenvalue weighted by molar-refractivity contribution is -0.115. The van der Waals surface area contributed by atoms with Crippen molar-refractivity contribution in [2.24, 2.45) is 0 Å². The molecule has 0 radical (unpaired) electrons. The Kier molecular flexibility index (Phi) is 5.84. The van der Waals surface area contributed by atoms with Crippen molar-refractivity contribution < 1.29 is 17.9 Å². The second kappa shape index (κ2) is 8.52. The van der Waals surface area contributed by atoms with Crippen molar-refractivity contribution in [3.63, 3.8) is 0 Å². The van der Waals surface area contributed by atoms with Gasteiger partial charge in [-0.15, -0.1) is 0 Å². The Bertz CT molecular complexity index is 987. The summed E-state index contributed by atoms with van der Waals surface area (Å²) < 4.78 is 32.3. The van der Waals surface area contributed by atoms with E-state index >= 15 is 0 Å². The summed E-state index contributed by atoms with van der Waals surface area (Å²) in [6, 6.07) is 14.6. The first-order valence-electron chi connectivity index (χ1n) is 9.85. The fourth-order valence-electron chi connectivity index (χ4n) is 3.82. The van der Waals surface area contributed by atoms with Crippen molar-refractivity contribution in [1.29, 1.82) is 0 Å². The molecule has 4 rings (SSSR count). The van der Waals surface area contributed by atoms with E-state index in [1.54, 1.807) is 18.2 Å². The maximum atomic E-state index is 12.8. The van der Waals surface area contributed by atoms with Gasteiger partial charge in [0.05, 0.1) is 24.7 Å². The molecular weight excluding hydrogens is 390 g/mol. The first kappa shape index (κ1) is 19.9. The van der Waals surface area contributed by atoms with E-state index < -0.39 is 10.0 Å². The van der Waals surface area contributed by atoms with E-state index in [0.29, 0.717) is 32.0 Å². The highest BCUT2D eigenvalue weighted by atomic mass is 32.2. The van der Waals surface area contributed by atoms with E-state index in [0.717, 1.165) is 25.1 Å². The molecule has 0 bridgehead atoms. The minimum absolute atomic E-state index is 0.164. The lowest BCUT2D eigenvalue weighted by atomic mass is 10.0. The summed E-state index contributed by atoms with van der Waals surface area (Å²) in [5.41, 5.74) is 2.83. The van der Waals surface area contributed by atoms with Crippen LogP contribution in [0.4, 0.5) is 11.4 Å². The summed E-state index contributed by atoms with van der Waals surface area (Å²) in [5, 5.41) is 2.85. The van der Waals surface area contributed by atoms with E-state index in [2.05, 4.69) is 16.3 Å². The summed E-state index contributed by atoms with van der Waals surface area (Å²) in [5.74, 6) is -0.164. The lowest BCUT2D eigenvalue weighted by Crippen LogP contribution is -2.40. The van der Waals surface area contributed by atoms with Gasteiger partial charge in [-0.3, -0.25) is 4.79 Å². The summed E-state index contributed by atoms with van der Waals surface area (Å²) in [4.78, 5) is 14.9. The zero-order valence-corrected chi connectivity index (χ0v) is 17.0. The zero-order valence-electron chi connectivity index (χ0n) is 16.2. The molecule has 2 aromatic carbocycles. The molecule has 8 heteroatoms. The van der Waals surface area contributed by atoms with Gasteiger partial charge in [-0.2, -0.15) is 4.31 Å². The summed E-state index contributed by atoms with van der Waals surface area (Å²) in [6.45, 7) is 2.54. The molecule has 0 saturated carbocycles. The molecule has 0 aliphatic carbocycles. The number of carbonyl (C=O) groups excluding carboxylic acids is 1. The molecule has 1 saturated heterocycles. The molecule has 0 spiro atoms. The number of aryl methyl sites for hydroxylation is 1. The first-order chi connectivity index (χ1) is 14.0. The largest absolute Gasteiger partial charge is 0.379 e. The molecule has 0 aromatic heterocycles. The van der Waals surface area contributed by atoms with Crippen molar-refractivity contribution >= 4 is 27.3 Å². The van der Waals surface area contributed by atoms with E-state index in [4.69, 9.17) is 4.74 Å². The Labute approximate surface area is 171 Å². The maximum absolute atomic E-state index is 12.8. The van der Waals surface area contributed by atoms with Gasteiger partial charge in [-0.25, -0.2) is 8.42 Å². The Morgan fingerprint density at radius 3 is 2.66 bits per heavy atom. The monoisotopic (exact) mass is 415 g/mol. The Balaban J connectivity index is 1.45. The standard InChI is InChI=1S/C21H25N3O4S/c25-21(16-23-10-4-6-17-5-1-2-9-20(17)23)22-18-7-3-8-19(15-18)29(26,27)24-11-13-28-14-12-24/h1-3,5,7-9,15H,4,6,10-14,16H2,(H,22,25). The molecular formula is C21H25N3O4S. The number of rotatable bonds is 5. The predicted octanol–water partition coefficient (Wildman–Crippen LogP) is 2.10. The fraction of sp³-hybridized carbons (Fsp3) is 0.381. The van der Waals surface area contributed by atoms with Crippen molar-refractivity contribution in [1.82, 2.24) is 4.31 Å². The van der Waals surface area contributed by atoms with Gasteiger partial charge in [-0.05, 0) is 42.7 Å². The average molecular weight is 416 g/mol. The van der Waals surface area contributed by atoms with Crippen molar-refractivity contribution in [2.45, 2.75) is 17.7 Å². The van der Waals surface area contributed by atoms with Crippen LogP contribution in [0.1, 0.15) is 12.0 Å². The van der Waals surface area contributed by atoms with Gasteiger partial charge in [-0.1, -0.05) is 24.3 Å². The van der Waals surface area contributed by atoms with Crippen LogP contribution < -0.4 is 10.2 Å². The number of benzene rings is 2. The molecule has 2 aliphatic heterocycles. The van der Waals surface area contributed by atoms with Crippen molar-refractivity contribution in [3.8, 4) is 0 Å². The first-order valence-corrected chi connectivity index (χ1v) is 11.3. The minimum atomic E-state index is -3.60. The molecule has 7 nitrogen and oxygen atoms in total. The minimum Gasteiger partial charge on any atom is -0.379 e. The molecule has 1 amide bonds. The quantitative estimate of drug-likeness (QED) is 0.809. The van der Waals surface area contributed by atoms with Crippen molar-refractivity contribution in [3.05, 3.63) is 54.1 Å². The van der Waals surface area contributed by atoms with E-state index in [-0.39, 0.29) is 17.3 Å². The van der Waals surface area contributed by atoms with Crippen molar-refractivity contribution in [2.75, 3.05) is 49.6 Å². The van der Waals surface area contributed by atoms with Crippen LogP contribution in [0.15, 0.2) is 53.4 Å². The maximum Gasteiger partial charge on any atom is 0.243 e. The molecule has 2 aromatic rings. The third-order valence-electron chi connectivity index (χ3n) is 5.27. The fourth-order valence-corrected chi connectivity index (χ4v) is 5.27. The van der Waals surface area contributed by atoms with Gasteiger partial charge < -0.3 is 15.0 Å². The lowest BCUT2D eigenvalue weighted by Gasteiger charge is -2.30. The molecule has 154 valence electrons. The Morgan fingerprint density at radius 1 is 1.03 bits per heavy atom. The number of nitrogens with one attached hydrogen (secondary N) is 1.